The van der Waals surface area contributed by atoms with Gasteiger partial charge in [-0.15, -0.1) is 0 Å². The van der Waals surface area contributed by atoms with E-state index in [1.54, 1.807) is 13.8 Å². The maximum absolute atomic E-state index is 17.5. The first-order chi connectivity index (χ1) is 20.9. The lowest BCUT2D eigenvalue weighted by Crippen LogP contribution is -2.70. The molecule has 0 bridgehead atoms. The van der Waals surface area contributed by atoms with Crippen LogP contribution >= 0.6 is 0 Å². The molecule has 44 heavy (non-hydrogen) atoms. The minimum absolute atomic E-state index is 0.0455. The molecule has 2 aromatic rings. The Morgan fingerprint density at radius 2 is 1.82 bits per heavy atom. The fourth-order valence-corrected chi connectivity index (χ4v) is 9.57. The fourth-order valence-electron chi connectivity index (χ4n) is 9.57. The summed E-state index contributed by atoms with van der Waals surface area (Å²) in [5.74, 6) is -2.56. The fraction of sp³-hybridized carbons (Fsp3) is 0.500. The summed E-state index contributed by atoms with van der Waals surface area (Å²) in [6, 6.07) is 16.1. The Kier molecular flexibility index (Phi) is 6.73. The van der Waals surface area contributed by atoms with Gasteiger partial charge in [-0.1, -0.05) is 67.1 Å². The van der Waals surface area contributed by atoms with Gasteiger partial charge in [0.25, 0.3) is 0 Å². The second kappa shape index (κ2) is 9.98. The first-order valence-corrected chi connectivity index (χ1v) is 15.5. The van der Waals surface area contributed by atoms with Crippen LogP contribution in [0.2, 0.25) is 0 Å². The molecule has 0 aromatic heterocycles. The molecule has 5 aliphatic rings. The summed E-state index contributed by atoms with van der Waals surface area (Å²) in [5, 5.41) is 21.8. The highest BCUT2D eigenvalue weighted by atomic mass is 19.1. The van der Waals surface area contributed by atoms with Gasteiger partial charge in [-0.2, -0.15) is 0 Å². The van der Waals surface area contributed by atoms with Crippen LogP contribution in [0, 0.1) is 29.6 Å². The number of ether oxygens (including phenoxy) is 2. The van der Waals surface area contributed by atoms with Gasteiger partial charge >= 0.3 is 0 Å². The first kappa shape index (κ1) is 29.7. The van der Waals surface area contributed by atoms with Crippen LogP contribution < -0.4 is 0 Å². The van der Waals surface area contributed by atoms with Crippen LogP contribution in [-0.4, -0.2) is 58.0 Å². The summed E-state index contributed by atoms with van der Waals surface area (Å²) in [4.78, 5) is 25.8. The number of hydrogen-bond acceptors (Lipinski definition) is 6. The van der Waals surface area contributed by atoms with Gasteiger partial charge in [0.2, 0.25) is 0 Å². The van der Waals surface area contributed by atoms with Crippen molar-refractivity contribution in [1.82, 2.24) is 0 Å². The molecule has 1 saturated heterocycles. The molecule has 0 radical (unpaired) electrons. The third-order valence-corrected chi connectivity index (χ3v) is 11.7. The van der Waals surface area contributed by atoms with Gasteiger partial charge < -0.3 is 19.7 Å². The normalized spacial score (nSPS) is 42.2. The monoisotopic (exact) mass is 604 g/mol. The lowest BCUT2D eigenvalue weighted by atomic mass is 9.44. The summed E-state index contributed by atoms with van der Waals surface area (Å²) < 4.78 is 46.3. The number of alkyl halides is 2. The van der Waals surface area contributed by atoms with E-state index in [1.165, 1.54) is 23.3 Å². The van der Waals surface area contributed by atoms with Crippen LogP contribution in [0.5, 0.6) is 0 Å². The smallest absolute Gasteiger partial charge is 0.193 e. The zero-order chi connectivity index (χ0) is 31.2. The number of rotatable bonds is 5. The predicted molar refractivity (Wildman–Crippen MR) is 158 cm³/mol. The molecule has 2 N–H and O–H groups in total. The molecule has 0 spiro atoms. The summed E-state index contributed by atoms with van der Waals surface area (Å²) >= 11 is 0. The minimum atomic E-state index is -2.28. The Morgan fingerprint density at radius 3 is 2.52 bits per heavy atom. The standard InChI is InChI=1S/C36H38F2O6/c1-20-5-4-6-22(13-20)14-21-7-9-23(10-8-21)32-43-31-17-25-26-16-28(37)27-15-24(40)11-12-33(27,2)35(26,38)29(41)18-34(25,3)36(31,44-32)30(42)19-39/h4-13,15,25-26,28-29,31-32,39,41H,14,16-19H2,1-3H3/t25-,26-,28-,29-,31+,32?,33-,34-,35-,36+/m0/s1. The highest BCUT2D eigenvalue weighted by Gasteiger charge is 2.80. The Hall–Kier alpha value is -3.04. The lowest BCUT2D eigenvalue weighted by molar-refractivity contribution is -0.235. The van der Waals surface area contributed by atoms with Crippen LogP contribution in [0.4, 0.5) is 8.78 Å². The van der Waals surface area contributed by atoms with E-state index in [9.17, 15) is 19.8 Å². The van der Waals surface area contributed by atoms with Crippen molar-refractivity contribution in [2.45, 2.75) is 82.4 Å². The first-order valence-electron chi connectivity index (χ1n) is 15.5. The van der Waals surface area contributed by atoms with E-state index >= 15 is 8.78 Å². The largest absolute Gasteiger partial charge is 0.390 e. The van der Waals surface area contributed by atoms with E-state index < -0.39 is 76.8 Å². The van der Waals surface area contributed by atoms with Crippen molar-refractivity contribution in [2.75, 3.05) is 6.61 Å². The number of aliphatic hydroxyl groups is 2. The number of Topliss-reactive ketones (excluding diaryl/α,β-unsaturated/α-hetero) is 1. The highest BCUT2D eigenvalue weighted by Crippen LogP contribution is 2.72. The van der Waals surface area contributed by atoms with Gasteiger partial charge in [-0.3, -0.25) is 9.59 Å². The quantitative estimate of drug-likeness (QED) is 0.486. The van der Waals surface area contributed by atoms with E-state index in [4.69, 9.17) is 9.47 Å². The Balaban J connectivity index is 1.21. The van der Waals surface area contributed by atoms with Crippen molar-refractivity contribution in [3.05, 3.63) is 94.6 Å². The van der Waals surface area contributed by atoms with Crippen LogP contribution in [-0.2, 0) is 25.5 Å². The van der Waals surface area contributed by atoms with Crippen molar-refractivity contribution in [3.8, 4) is 0 Å². The summed E-state index contributed by atoms with van der Waals surface area (Å²) in [5.41, 5.74) is -2.39. The average Bonchev–Trinajstić information content (AvgIpc) is 3.49. The Morgan fingerprint density at radius 1 is 1.07 bits per heavy atom. The van der Waals surface area contributed by atoms with Gasteiger partial charge in [-0.05, 0) is 74.3 Å². The molecular formula is C36H38F2O6. The lowest BCUT2D eigenvalue weighted by Gasteiger charge is -2.63. The number of fused-ring (bicyclic) bond motifs is 7. The molecule has 1 aliphatic heterocycles. The van der Waals surface area contributed by atoms with E-state index in [-0.39, 0.29) is 24.8 Å². The SMILES string of the molecule is Cc1cccc(Cc2ccc(C3O[C@@H]4C[C@H]5[C@@H]6C[C@H](F)C7=CC(=O)C=C[C@]7(C)[C@@]6(F)[C@@H](O)C[C@]5(C)[C@]4(C(=O)CO)O3)cc2)c1. The molecule has 10 atom stereocenters. The number of halogens is 2. The molecule has 0 amide bonds. The zero-order valence-electron chi connectivity index (χ0n) is 25.1. The van der Waals surface area contributed by atoms with Crippen molar-refractivity contribution in [3.63, 3.8) is 0 Å². The molecule has 1 unspecified atom stereocenters. The maximum atomic E-state index is 17.5. The van der Waals surface area contributed by atoms with Crippen molar-refractivity contribution < 1.29 is 38.1 Å². The van der Waals surface area contributed by atoms with Crippen LogP contribution in [0.25, 0.3) is 0 Å². The van der Waals surface area contributed by atoms with Gasteiger partial charge in [0, 0.05) is 22.3 Å². The summed E-state index contributed by atoms with van der Waals surface area (Å²) in [6.45, 7) is 4.57. The summed E-state index contributed by atoms with van der Waals surface area (Å²) in [6.07, 6.45) is -0.544. The van der Waals surface area contributed by atoms with E-state index in [0.717, 1.165) is 18.1 Å². The maximum Gasteiger partial charge on any atom is 0.193 e. The third kappa shape index (κ3) is 3.84. The van der Waals surface area contributed by atoms with Crippen molar-refractivity contribution in [1.29, 1.82) is 0 Å². The molecule has 8 heteroatoms. The molecule has 7 rings (SSSR count). The number of carbonyl (C=O) groups is 2. The van der Waals surface area contributed by atoms with Crippen LogP contribution in [0.3, 0.4) is 0 Å². The molecule has 6 nitrogen and oxygen atoms in total. The summed E-state index contributed by atoms with van der Waals surface area (Å²) in [7, 11) is 0. The van der Waals surface area contributed by atoms with E-state index in [0.29, 0.717) is 5.56 Å². The zero-order valence-corrected chi connectivity index (χ0v) is 25.1. The predicted octanol–water partition coefficient (Wildman–Crippen LogP) is 5.23. The number of hydrogen-bond donors (Lipinski definition) is 2. The van der Waals surface area contributed by atoms with Crippen molar-refractivity contribution in [2.24, 2.45) is 22.7 Å². The van der Waals surface area contributed by atoms with Crippen LogP contribution in [0.1, 0.15) is 61.7 Å². The third-order valence-electron chi connectivity index (χ3n) is 11.7. The number of benzene rings is 2. The van der Waals surface area contributed by atoms with Crippen molar-refractivity contribution >= 4 is 11.6 Å². The van der Waals surface area contributed by atoms with Gasteiger partial charge in [0.1, 0.15) is 12.8 Å². The number of ketones is 2. The molecule has 232 valence electrons. The van der Waals surface area contributed by atoms with Gasteiger partial charge in [0.05, 0.1) is 12.2 Å². The molecular weight excluding hydrogens is 566 g/mol. The second-order valence-corrected chi connectivity index (χ2v) is 13.9. The molecule has 2 aromatic carbocycles. The number of aliphatic hydroxyl groups excluding tert-OH is 2. The topological polar surface area (TPSA) is 93.1 Å². The molecule has 4 fully saturated rings. The second-order valence-electron chi connectivity index (χ2n) is 13.9. The molecule has 1 heterocycles. The molecule has 4 aliphatic carbocycles. The van der Waals surface area contributed by atoms with Crippen LogP contribution in [0.15, 0.2) is 72.3 Å². The minimum Gasteiger partial charge on any atom is -0.390 e. The number of aryl methyl sites for hydroxylation is 1. The molecule has 3 saturated carbocycles. The van der Waals surface area contributed by atoms with Gasteiger partial charge in [-0.25, -0.2) is 8.78 Å². The number of carbonyl (C=O) groups excluding carboxylic acids is 2. The van der Waals surface area contributed by atoms with E-state index in [2.05, 4.69) is 25.1 Å². The average molecular weight is 605 g/mol. The van der Waals surface area contributed by atoms with E-state index in [1.807, 2.05) is 30.3 Å². The Labute approximate surface area is 255 Å². The van der Waals surface area contributed by atoms with Gasteiger partial charge in [0.15, 0.2) is 29.1 Å². The number of allylic oxidation sites excluding steroid dienone is 4. The highest BCUT2D eigenvalue weighted by molar-refractivity contribution is 6.01. The Bertz CT molecular complexity index is 1590.